The summed E-state index contributed by atoms with van der Waals surface area (Å²) in [6.45, 7) is 14.8. The fourth-order valence-electron chi connectivity index (χ4n) is 4.02. The monoisotopic (exact) mass is 409 g/mol. The molecule has 0 saturated carbocycles. The quantitative estimate of drug-likeness (QED) is 0.622. The van der Waals surface area contributed by atoms with Crippen molar-refractivity contribution in [2.24, 2.45) is 5.73 Å². The van der Waals surface area contributed by atoms with Crippen molar-refractivity contribution in [3.8, 4) is 5.75 Å². The average molecular weight is 410 g/mol. The summed E-state index contributed by atoms with van der Waals surface area (Å²) >= 11 is 0. The zero-order chi connectivity index (χ0) is 21.7. The van der Waals surface area contributed by atoms with E-state index in [-0.39, 0.29) is 5.75 Å². The highest BCUT2D eigenvalue weighted by Gasteiger charge is 2.22. The average Bonchev–Trinajstić information content (AvgIpc) is 2.72. The van der Waals surface area contributed by atoms with Gasteiger partial charge in [0.15, 0.2) is 0 Å². The predicted molar refractivity (Wildman–Crippen MR) is 124 cm³/mol. The van der Waals surface area contributed by atoms with Crippen LogP contribution in [0.4, 0.5) is 5.69 Å². The van der Waals surface area contributed by atoms with Gasteiger partial charge in [0.25, 0.3) is 0 Å². The molecule has 1 fully saturated rings. The van der Waals surface area contributed by atoms with E-state index in [0.717, 1.165) is 49.7 Å². The summed E-state index contributed by atoms with van der Waals surface area (Å²) in [6, 6.07) is 10.2. The van der Waals surface area contributed by atoms with Gasteiger partial charge in [0, 0.05) is 43.6 Å². The van der Waals surface area contributed by atoms with Crippen LogP contribution in [0.5, 0.6) is 5.75 Å². The number of hydrogen-bond donors (Lipinski definition) is 3. The van der Waals surface area contributed by atoms with E-state index < -0.39 is 0 Å². The molecule has 2 heterocycles. The molecule has 6 heteroatoms. The van der Waals surface area contributed by atoms with Crippen molar-refractivity contribution < 1.29 is 5.11 Å². The lowest BCUT2D eigenvalue weighted by Crippen LogP contribution is -2.46. The van der Waals surface area contributed by atoms with Crippen molar-refractivity contribution in [2.75, 3.05) is 31.1 Å². The van der Waals surface area contributed by atoms with Crippen LogP contribution in [0.15, 0.2) is 42.7 Å². The van der Waals surface area contributed by atoms with Gasteiger partial charge in [-0.05, 0) is 62.9 Å². The normalized spacial score (nSPS) is 15.2. The first-order valence-electron chi connectivity index (χ1n) is 10.8. The Morgan fingerprint density at radius 1 is 1.23 bits per heavy atom. The second-order valence-electron chi connectivity index (χ2n) is 8.22. The van der Waals surface area contributed by atoms with Crippen LogP contribution in [-0.2, 0) is 6.54 Å². The third-order valence-electron chi connectivity index (χ3n) is 5.99. The summed E-state index contributed by atoms with van der Waals surface area (Å²) in [5.41, 5.74) is 10.7. The van der Waals surface area contributed by atoms with Gasteiger partial charge in [-0.2, -0.15) is 0 Å². The summed E-state index contributed by atoms with van der Waals surface area (Å²) < 4.78 is 0. The molecule has 6 nitrogen and oxygen atoms in total. The van der Waals surface area contributed by atoms with Gasteiger partial charge in [0.2, 0.25) is 0 Å². The number of nitrogens with zero attached hydrogens (tertiary/aromatic N) is 3. The number of aromatic hydroxyl groups is 1. The maximum absolute atomic E-state index is 10.4. The highest BCUT2D eigenvalue weighted by atomic mass is 16.3. The Hall–Kier alpha value is -2.57. The Morgan fingerprint density at radius 3 is 2.67 bits per heavy atom. The van der Waals surface area contributed by atoms with E-state index in [1.54, 1.807) is 6.07 Å². The lowest BCUT2D eigenvalue weighted by atomic mass is 10.0. The molecule has 1 aromatic heterocycles. The van der Waals surface area contributed by atoms with Crippen molar-refractivity contribution in [3.05, 3.63) is 65.2 Å². The van der Waals surface area contributed by atoms with E-state index in [0.29, 0.717) is 24.8 Å². The third kappa shape index (κ3) is 5.32. The Morgan fingerprint density at radius 2 is 1.97 bits per heavy atom. The van der Waals surface area contributed by atoms with Crippen LogP contribution in [0.2, 0.25) is 0 Å². The lowest BCUT2D eigenvalue weighted by molar-refractivity contribution is 0.207. The van der Waals surface area contributed by atoms with E-state index >= 15 is 0 Å². The molecule has 0 unspecified atom stereocenters. The number of likely N-dealkylation sites (tertiary alicyclic amines) is 1. The standard InChI is InChI=1S/C24H35N5O/c1-17-6-5-7-23(19(17)3)29(16-22-24(30)9-8-18(2)26-22)20(4)27-21-10-13-28(14-11-21)15-12-25/h5-9,21,27,30H,4,10-16,25H2,1-3H3. The molecule has 0 amide bonds. The van der Waals surface area contributed by atoms with Gasteiger partial charge in [-0.15, -0.1) is 0 Å². The molecule has 0 atom stereocenters. The number of pyridine rings is 1. The first-order valence-corrected chi connectivity index (χ1v) is 10.8. The molecular weight excluding hydrogens is 374 g/mol. The molecule has 0 bridgehead atoms. The number of hydrogen-bond acceptors (Lipinski definition) is 6. The van der Waals surface area contributed by atoms with Crippen LogP contribution in [0.3, 0.4) is 0 Å². The highest BCUT2D eigenvalue weighted by molar-refractivity contribution is 5.59. The SMILES string of the molecule is C=C(NC1CCN(CCN)CC1)N(Cc1nc(C)ccc1O)c1cccc(C)c1C. The maximum Gasteiger partial charge on any atom is 0.138 e. The summed E-state index contributed by atoms with van der Waals surface area (Å²) in [6.07, 6.45) is 2.13. The van der Waals surface area contributed by atoms with Crippen LogP contribution in [-0.4, -0.2) is 47.2 Å². The molecule has 1 aromatic carbocycles. The molecule has 1 aliphatic heterocycles. The topological polar surface area (TPSA) is 77.7 Å². The van der Waals surface area contributed by atoms with Gasteiger partial charge < -0.3 is 26.0 Å². The van der Waals surface area contributed by atoms with Gasteiger partial charge in [-0.1, -0.05) is 18.7 Å². The fraction of sp³-hybridized carbons (Fsp3) is 0.458. The molecular formula is C24H35N5O. The number of nitrogens with two attached hydrogens (primary N) is 1. The summed E-state index contributed by atoms with van der Waals surface area (Å²) in [7, 11) is 0. The zero-order valence-electron chi connectivity index (χ0n) is 18.5. The van der Waals surface area contributed by atoms with Crippen LogP contribution in [0, 0.1) is 20.8 Å². The molecule has 2 aromatic rings. The number of rotatable bonds is 8. The van der Waals surface area contributed by atoms with Crippen molar-refractivity contribution in [1.82, 2.24) is 15.2 Å². The largest absolute Gasteiger partial charge is 0.506 e. The van der Waals surface area contributed by atoms with E-state index in [4.69, 9.17) is 5.73 Å². The van der Waals surface area contributed by atoms with Gasteiger partial charge in [-0.3, -0.25) is 4.98 Å². The summed E-state index contributed by atoms with van der Waals surface area (Å²) in [5.74, 6) is 1.04. The number of anilines is 1. The van der Waals surface area contributed by atoms with Crippen LogP contribution >= 0.6 is 0 Å². The molecule has 3 rings (SSSR count). The van der Waals surface area contributed by atoms with Crippen LogP contribution in [0.1, 0.15) is 35.4 Å². The molecule has 1 aliphatic rings. The van der Waals surface area contributed by atoms with Crippen molar-refractivity contribution >= 4 is 5.69 Å². The van der Waals surface area contributed by atoms with Crippen molar-refractivity contribution in [2.45, 2.75) is 46.2 Å². The third-order valence-corrected chi connectivity index (χ3v) is 5.99. The number of aromatic nitrogens is 1. The molecule has 0 radical (unpaired) electrons. The Labute approximate surface area is 180 Å². The fourth-order valence-corrected chi connectivity index (χ4v) is 4.02. The molecule has 162 valence electrons. The Kier molecular flexibility index (Phi) is 7.34. The zero-order valence-corrected chi connectivity index (χ0v) is 18.5. The van der Waals surface area contributed by atoms with Gasteiger partial charge >= 0.3 is 0 Å². The molecule has 0 spiro atoms. The molecule has 4 N–H and O–H groups in total. The summed E-state index contributed by atoms with van der Waals surface area (Å²) in [5, 5.41) is 14.0. The second-order valence-corrected chi connectivity index (χ2v) is 8.22. The Bertz CT molecular complexity index is 874. The minimum absolute atomic E-state index is 0.207. The predicted octanol–water partition coefficient (Wildman–Crippen LogP) is 3.20. The van der Waals surface area contributed by atoms with E-state index in [1.807, 2.05) is 13.0 Å². The number of piperidine rings is 1. The van der Waals surface area contributed by atoms with Gasteiger partial charge in [0.1, 0.15) is 11.4 Å². The van der Waals surface area contributed by atoms with Gasteiger partial charge in [-0.25, -0.2) is 0 Å². The highest BCUT2D eigenvalue weighted by Crippen LogP contribution is 2.29. The van der Waals surface area contributed by atoms with Crippen LogP contribution in [0.25, 0.3) is 0 Å². The van der Waals surface area contributed by atoms with Crippen molar-refractivity contribution in [1.29, 1.82) is 0 Å². The lowest BCUT2D eigenvalue weighted by Gasteiger charge is -2.36. The maximum atomic E-state index is 10.4. The van der Waals surface area contributed by atoms with Crippen molar-refractivity contribution in [3.63, 3.8) is 0 Å². The minimum Gasteiger partial charge on any atom is -0.506 e. The van der Waals surface area contributed by atoms with E-state index in [2.05, 4.69) is 58.7 Å². The summed E-state index contributed by atoms with van der Waals surface area (Å²) in [4.78, 5) is 9.12. The van der Waals surface area contributed by atoms with E-state index in [9.17, 15) is 5.11 Å². The van der Waals surface area contributed by atoms with Crippen LogP contribution < -0.4 is 16.0 Å². The molecule has 30 heavy (non-hydrogen) atoms. The number of aryl methyl sites for hydroxylation is 2. The second kappa shape index (κ2) is 9.96. The number of benzene rings is 1. The molecule has 1 saturated heterocycles. The molecule has 0 aliphatic carbocycles. The minimum atomic E-state index is 0.207. The van der Waals surface area contributed by atoms with Gasteiger partial charge in [0.05, 0.1) is 12.4 Å². The number of nitrogens with one attached hydrogen (secondary N) is 1. The smallest absolute Gasteiger partial charge is 0.138 e. The first-order chi connectivity index (χ1) is 14.4. The van der Waals surface area contributed by atoms with E-state index in [1.165, 1.54) is 11.1 Å². The Balaban J connectivity index is 1.81. The first kappa shape index (κ1) is 22.1.